The minimum atomic E-state index is -0.754. The third-order valence-electron chi connectivity index (χ3n) is 16.7. The molecule has 4 aromatic heterocycles. The Bertz CT molecular complexity index is 5150. The van der Waals surface area contributed by atoms with Crippen LogP contribution in [0.1, 0.15) is 28.5 Å². The van der Waals surface area contributed by atoms with Crippen LogP contribution in [0.5, 0.6) is 0 Å². The first-order valence-corrected chi connectivity index (χ1v) is 29.1. The van der Waals surface area contributed by atoms with E-state index < -0.39 is 6.29 Å². The SMILES string of the molecule is N=C/C(N=C(N)n1c2ccccc2c2ccc3c4ccc5c6ccc7c8ccccc8n(C(N)NC(=NCc8ccccc8)c8ccccc8)c7c6n(-c6ccccc6)c5c4n(-c4ccccc4)c3c21)=C(/Cc1ccccc1)NCc1ccccc1. The molecule has 1 unspecified atom stereocenters. The zero-order chi connectivity index (χ0) is 57.7. The maximum absolute atomic E-state index is 8.96. The molecule has 4 heterocycles. The standard InChI is InChI=1S/C75H59N11/c76-46-64(63(45-49-23-7-1-8-24-49)79-47-50-25-9-2-10-26-50)81-74(77)85-65-37-21-19-35-55(65)57-39-41-61-59-43-44-60-62-42-40-58-56-36-20-22-38-66(56)86(75(78)82-73(52-29-13-4-14-30-52)80-48-51-27-11-3-12-28-51)72(58)70(62)84(54-33-17-6-18-34-54)68(60)67(59)83(69(61)71(57)85)53-31-15-5-16-32-53/h1-44,46,75-76,79H,45,47-48,78H2,(H2,77,81)(H,80,82)/b64-63+,76-46?. The Hall–Kier alpha value is -11.3. The molecule has 0 aliphatic heterocycles. The predicted octanol–water partition coefficient (Wildman–Crippen LogP) is 15.8. The molecule has 0 saturated carbocycles. The lowest BCUT2D eigenvalue weighted by atomic mass is 10.1. The molecule has 0 aliphatic rings. The van der Waals surface area contributed by atoms with Crippen molar-refractivity contribution in [2.24, 2.45) is 21.5 Å². The van der Waals surface area contributed by atoms with E-state index in [9.17, 15) is 0 Å². The number of para-hydroxylation sites is 4. The van der Waals surface area contributed by atoms with Gasteiger partial charge in [0.1, 0.15) is 11.5 Å². The lowest BCUT2D eigenvalue weighted by molar-refractivity contribution is 0.518. The van der Waals surface area contributed by atoms with Crippen molar-refractivity contribution < 1.29 is 0 Å². The van der Waals surface area contributed by atoms with Gasteiger partial charge in [-0.3, -0.25) is 15.3 Å². The third-order valence-corrected chi connectivity index (χ3v) is 16.7. The molecule has 11 heteroatoms. The number of nitrogens with zero attached hydrogens (tertiary/aromatic N) is 6. The Labute approximate surface area is 496 Å². The number of nitrogens with two attached hydrogens (primary N) is 2. The number of benzene rings is 11. The molecule has 15 rings (SSSR count). The van der Waals surface area contributed by atoms with Crippen molar-refractivity contribution in [3.8, 4) is 11.4 Å². The van der Waals surface area contributed by atoms with Crippen LogP contribution in [0.25, 0.3) is 98.6 Å². The summed E-state index contributed by atoms with van der Waals surface area (Å²) >= 11 is 0. The first-order chi connectivity index (χ1) is 42.5. The van der Waals surface area contributed by atoms with Gasteiger partial charge >= 0.3 is 0 Å². The fourth-order valence-electron chi connectivity index (χ4n) is 12.9. The van der Waals surface area contributed by atoms with E-state index >= 15 is 0 Å². The van der Waals surface area contributed by atoms with Gasteiger partial charge in [0, 0.05) is 84.9 Å². The van der Waals surface area contributed by atoms with Gasteiger partial charge in [0.2, 0.25) is 5.96 Å². The van der Waals surface area contributed by atoms with Crippen molar-refractivity contribution in [3.63, 3.8) is 0 Å². The van der Waals surface area contributed by atoms with Gasteiger partial charge in [0.05, 0.1) is 50.7 Å². The lowest BCUT2D eigenvalue weighted by Crippen LogP contribution is -2.38. The van der Waals surface area contributed by atoms with E-state index in [0.29, 0.717) is 31.0 Å². The second-order valence-electron chi connectivity index (χ2n) is 21.7. The second kappa shape index (κ2) is 21.8. The topological polar surface area (TPSA) is 144 Å². The van der Waals surface area contributed by atoms with E-state index in [-0.39, 0.29) is 5.96 Å². The highest BCUT2D eigenvalue weighted by Gasteiger charge is 2.29. The van der Waals surface area contributed by atoms with Crippen LogP contribution < -0.4 is 22.1 Å². The Kier molecular flexibility index (Phi) is 13.1. The molecular weight excluding hydrogens is 1050 g/mol. The average Bonchev–Trinajstić information content (AvgIpc) is 1.56. The molecule has 0 bridgehead atoms. The van der Waals surface area contributed by atoms with Gasteiger partial charge in [0.25, 0.3) is 0 Å². The van der Waals surface area contributed by atoms with Gasteiger partial charge in [-0.2, -0.15) is 0 Å². The van der Waals surface area contributed by atoms with Crippen LogP contribution in [0.4, 0.5) is 0 Å². The summed E-state index contributed by atoms with van der Waals surface area (Å²) in [6.07, 6.45) is 1.08. The highest BCUT2D eigenvalue weighted by atomic mass is 15.3. The largest absolute Gasteiger partial charge is 0.382 e. The number of hydrogen-bond donors (Lipinski definition) is 5. The van der Waals surface area contributed by atoms with Gasteiger partial charge in [0.15, 0.2) is 6.29 Å². The molecule has 86 heavy (non-hydrogen) atoms. The monoisotopic (exact) mass is 1110 g/mol. The number of aromatic nitrogens is 4. The number of fused-ring (bicyclic) bond motifs is 15. The predicted molar refractivity (Wildman–Crippen MR) is 357 cm³/mol. The minimum absolute atomic E-state index is 0.239. The number of amidine groups is 1. The molecule has 0 spiro atoms. The minimum Gasteiger partial charge on any atom is -0.382 e. The first-order valence-electron chi connectivity index (χ1n) is 29.1. The molecule has 15 aromatic rings. The Morgan fingerprint density at radius 1 is 0.442 bits per heavy atom. The molecule has 11 aromatic carbocycles. The highest BCUT2D eigenvalue weighted by Crippen LogP contribution is 2.47. The Balaban J connectivity index is 1.02. The molecule has 7 N–H and O–H groups in total. The number of aliphatic imine (C=N–C) groups is 2. The van der Waals surface area contributed by atoms with E-state index in [1.807, 2.05) is 78.9 Å². The molecular formula is C75H59N11. The van der Waals surface area contributed by atoms with E-state index in [1.165, 1.54) is 6.21 Å². The van der Waals surface area contributed by atoms with E-state index in [4.69, 9.17) is 26.9 Å². The van der Waals surface area contributed by atoms with Crippen molar-refractivity contribution in [1.29, 1.82) is 5.41 Å². The Morgan fingerprint density at radius 3 is 1.41 bits per heavy atom. The van der Waals surface area contributed by atoms with Crippen molar-refractivity contribution >= 4 is 105 Å². The van der Waals surface area contributed by atoms with Gasteiger partial charge in [-0.25, -0.2) is 4.99 Å². The summed E-state index contributed by atoms with van der Waals surface area (Å²) < 4.78 is 9.25. The van der Waals surface area contributed by atoms with Crippen LogP contribution >= 0.6 is 0 Å². The van der Waals surface area contributed by atoms with Crippen LogP contribution in [0.2, 0.25) is 0 Å². The van der Waals surface area contributed by atoms with Gasteiger partial charge in [-0.15, -0.1) is 0 Å². The maximum atomic E-state index is 8.96. The quantitative estimate of drug-likeness (QED) is 0.0419. The molecule has 0 amide bonds. The zero-order valence-corrected chi connectivity index (χ0v) is 47.0. The second-order valence-corrected chi connectivity index (χ2v) is 21.7. The number of hydrogen-bond acceptors (Lipinski definition) is 5. The van der Waals surface area contributed by atoms with Crippen molar-refractivity contribution in [2.75, 3.05) is 0 Å². The molecule has 0 radical (unpaired) electrons. The molecule has 0 saturated heterocycles. The summed E-state index contributed by atoms with van der Waals surface area (Å²) in [5, 5.41) is 24.9. The number of nitrogens with one attached hydrogen (secondary N) is 3. The van der Waals surface area contributed by atoms with Crippen molar-refractivity contribution in [3.05, 3.63) is 301 Å². The van der Waals surface area contributed by atoms with E-state index in [2.05, 4.69) is 217 Å². The molecule has 0 aliphatic carbocycles. The summed E-state index contributed by atoms with van der Waals surface area (Å²) in [4.78, 5) is 10.5. The van der Waals surface area contributed by atoms with Crippen LogP contribution in [0.3, 0.4) is 0 Å². The maximum Gasteiger partial charge on any atom is 0.206 e. The smallest absolute Gasteiger partial charge is 0.206 e. The normalized spacial score (nSPS) is 13.0. The number of rotatable bonds is 14. The fraction of sp³-hybridized carbons (Fsp3) is 0.0533. The van der Waals surface area contributed by atoms with Crippen LogP contribution in [-0.2, 0) is 19.5 Å². The third kappa shape index (κ3) is 8.84. The van der Waals surface area contributed by atoms with Crippen LogP contribution in [-0.4, -0.2) is 36.3 Å². The fourth-order valence-corrected chi connectivity index (χ4v) is 12.9. The van der Waals surface area contributed by atoms with Crippen LogP contribution in [0.15, 0.2) is 288 Å². The summed E-state index contributed by atoms with van der Waals surface area (Å²) in [6.45, 7) is 1.03. The van der Waals surface area contributed by atoms with Gasteiger partial charge < -0.3 is 35.5 Å². The first kappa shape index (κ1) is 51.6. The van der Waals surface area contributed by atoms with Crippen LogP contribution in [0, 0.1) is 5.41 Å². The summed E-state index contributed by atoms with van der Waals surface area (Å²) in [5.41, 5.74) is 30.5. The molecule has 11 nitrogen and oxygen atoms in total. The van der Waals surface area contributed by atoms with Gasteiger partial charge in [-0.1, -0.05) is 231 Å². The highest BCUT2D eigenvalue weighted by molar-refractivity contribution is 6.32. The van der Waals surface area contributed by atoms with E-state index in [0.717, 1.165) is 127 Å². The summed E-state index contributed by atoms with van der Waals surface area (Å²) in [6, 6.07) is 93.0. The lowest BCUT2D eigenvalue weighted by Gasteiger charge is -2.22. The molecule has 1 atom stereocenters. The zero-order valence-electron chi connectivity index (χ0n) is 47.0. The summed E-state index contributed by atoms with van der Waals surface area (Å²) in [7, 11) is 0. The van der Waals surface area contributed by atoms with E-state index in [1.54, 1.807) is 0 Å². The van der Waals surface area contributed by atoms with Gasteiger partial charge in [-0.05, 0) is 53.1 Å². The molecule has 0 fully saturated rings. The average molecular weight is 1110 g/mol. The Morgan fingerprint density at radius 2 is 0.860 bits per heavy atom. The number of allylic oxidation sites excluding steroid dienone is 2. The summed E-state index contributed by atoms with van der Waals surface area (Å²) in [5.74, 6) is 0.938. The molecule has 414 valence electrons. The van der Waals surface area contributed by atoms with Crippen molar-refractivity contribution in [1.82, 2.24) is 28.9 Å². The van der Waals surface area contributed by atoms with Crippen molar-refractivity contribution in [2.45, 2.75) is 25.8 Å².